The van der Waals surface area contributed by atoms with Gasteiger partial charge in [0, 0.05) is 19.6 Å². The first-order valence-corrected chi connectivity index (χ1v) is 12.3. The molecule has 1 aromatic rings. The van der Waals surface area contributed by atoms with Gasteiger partial charge in [0.25, 0.3) is 5.91 Å². The molecule has 0 aromatic heterocycles. The maximum Gasteiger partial charge on any atom is 0.262 e. The van der Waals surface area contributed by atoms with Crippen LogP contribution in [0.3, 0.4) is 0 Å². The van der Waals surface area contributed by atoms with Crippen LogP contribution in [0.4, 0.5) is 0 Å². The number of hydrogen-bond donors (Lipinski definition) is 1. The molecule has 3 aliphatic carbocycles. The van der Waals surface area contributed by atoms with Crippen molar-refractivity contribution in [1.82, 2.24) is 4.90 Å². The fourth-order valence-electron chi connectivity index (χ4n) is 6.56. The van der Waals surface area contributed by atoms with Gasteiger partial charge in [-0.05, 0) is 74.5 Å². The summed E-state index contributed by atoms with van der Waals surface area (Å²) in [6, 6.07) is 6.67. The minimum atomic E-state index is -0.914. The number of amides is 1. The Balaban J connectivity index is 1.57. The van der Waals surface area contributed by atoms with E-state index >= 15 is 0 Å². The second-order valence-electron chi connectivity index (χ2n) is 10.5. The predicted molar refractivity (Wildman–Crippen MR) is 124 cm³/mol. The van der Waals surface area contributed by atoms with Crippen molar-refractivity contribution in [2.24, 2.45) is 22.1 Å². The lowest BCUT2D eigenvalue weighted by atomic mass is 9.61. The Bertz CT molecular complexity index is 917. The second kappa shape index (κ2) is 8.14. The van der Waals surface area contributed by atoms with Gasteiger partial charge >= 0.3 is 0 Å². The first-order chi connectivity index (χ1) is 15.4. The van der Waals surface area contributed by atoms with Crippen molar-refractivity contribution in [3.63, 3.8) is 0 Å². The van der Waals surface area contributed by atoms with E-state index in [1.807, 2.05) is 6.92 Å². The Morgan fingerprint density at radius 1 is 1.22 bits per heavy atom. The Labute approximate surface area is 191 Å². The molecule has 2 spiro atoms. The van der Waals surface area contributed by atoms with Gasteiger partial charge in [-0.25, -0.2) is 4.99 Å². The van der Waals surface area contributed by atoms with Gasteiger partial charge in [-0.3, -0.25) is 9.69 Å². The molecule has 6 nitrogen and oxygen atoms in total. The molecule has 2 N–H and O–H groups in total. The van der Waals surface area contributed by atoms with Gasteiger partial charge in [-0.15, -0.1) is 0 Å². The van der Waals surface area contributed by atoms with E-state index in [9.17, 15) is 4.79 Å². The number of rotatable bonds is 7. The Morgan fingerprint density at radius 2 is 1.97 bits per heavy atom. The van der Waals surface area contributed by atoms with E-state index < -0.39 is 5.54 Å². The summed E-state index contributed by atoms with van der Waals surface area (Å²) >= 11 is 0. The van der Waals surface area contributed by atoms with Crippen LogP contribution >= 0.6 is 0 Å². The SMILES string of the molecule is COCC(C)N1C(=O)[C@]2(N=C1N)c1cc(CCC3CC3)ccc1CC21CCC(OC)CC1. The number of aliphatic imine (C=N–C) groups is 1. The topological polar surface area (TPSA) is 77.2 Å². The maximum atomic E-state index is 14.3. The van der Waals surface area contributed by atoms with Gasteiger partial charge in [0.2, 0.25) is 0 Å². The number of carbonyl (C=O) groups excluding carboxylic acids is 1. The van der Waals surface area contributed by atoms with Crippen molar-refractivity contribution in [2.75, 3.05) is 20.8 Å². The number of aryl methyl sites for hydroxylation is 1. The molecule has 1 aliphatic heterocycles. The highest BCUT2D eigenvalue weighted by atomic mass is 16.5. The second-order valence-corrected chi connectivity index (χ2v) is 10.5. The van der Waals surface area contributed by atoms with Gasteiger partial charge in [0.1, 0.15) is 0 Å². The first kappa shape index (κ1) is 21.9. The summed E-state index contributed by atoms with van der Waals surface area (Å²) in [6.45, 7) is 2.42. The van der Waals surface area contributed by atoms with Gasteiger partial charge in [0.15, 0.2) is 11.5 Å². The molecule has 0 bridgehead atoms. The average Bonchev–Trinajstić information content (AvgIpc) is 3.53. The number of nitrogens with zero attached hydrogens (tertiary/aromatic N) is 2. The van der Waals surface area contributed by atoms with Crippen LogP contribution in [0.5, 0.6) is 0 Å². The minimum Gasteiger partial charge on any atom is -0.383 e. The number of nitrogens with two attached hydrogens (primary N) is 1. The summed E-state index contributed by atoms with van der Waals surface area (Å²) in [5.41, 5.74) is 9.01. The highest BCUT2D eigenvalue weighted by molar-refractivity contribution is 6.08. The number of ether oxygens (including phenoxy) is 2. The van der Waals surface area contributed by atoms with Crippen LogP contribution in [0.15, 0.2) is 23.2 Å². The van der Waals surface area contributed by atoms with E-state index in [1.54, 1.807) is 19.1 Å². The summed E-state index contributed by atoms with van der Waals surface area (Å²) in [5.74, 6) is 1.26. The summed E-state index contributed by atoms with van der Waals surface area (Å²) in [4.78, 5) is 21.0. The molecule has 4 aliphatic rings. The van der Waals surface area contributed by atoms with E-state index in [0.29, 0.717) is 12.6 Å². The molecule has 32 heavy (non-hydrogen) atoms. The normalized spacial score (nSPS) is 32.6. The molecule has 0 radical (unpaired) electrons. The monoisotopic (exact) mass is 439 g/mol. The predicted octanol–water partition coefficient (Wildman–Crippen LogP) is 3.55. The van der Waals surface area contributed by atoms with Crippen LogP contribution in [0.1, 0.15) is 68.6 Å². The van der Waals surface area contributed by atoms with Crippen molar-refractivity contribution < 1.29 is 14.3 Å². The van der Waals surface area contributed by atoms with E-state index in [4.69, 9.17) is 20.2 Å². The van der Waals surface area contributed by atoms with Crippen LogP contribution in [-0.2, 0) is 32.6 Å². The third kappa shape index (κ3) is 3.29. The van der Waals surface area contributed by atoms with Crippen molar-refractivity contribution in [2.45, 2.75) is 82.4 Å². The molecule has 0 saturated heterocycles. The number of methoxy groups -OCH3 is 2. The van der Waals surface area contributed by atoms with Crippen LogP contribution in [0, 0.1) is 11.3 Å². The number of carbonyl (C=O) groups is 1. The largest absolute Gasteiger partial charge is 0.383 e. The van der Waals surface area contributed by atoms with Crippen LogP contribution in [0.25, 0.3) is 0 Å². The fraction of sp³-hybridized carbons (Fsp3) is 0.692. The maximum absolute atomic E-state index is 14.3. The van der Waals surface area contributed by atoms with Gasteiger partial charge < -0.3 is 15.2 Å². The zero-order valence-corrected chi connectivity index (χ0v) is 19.7. The molecule has 2 atom stereocenters. The fourth-order valence-corrected chi connectivity index (χ4v) is 6.56. The van der Waals surface area contributed by atoms with E-state index in [-0.39, 0.29) is 23.5 Å². The van der Waals surface area contributed by atoms with Crippen LogP contribution in [0.2, 0.25) is 0 Å². The number of benzene rings is 1. The summed E-state index contributed by atoms with van der Waals surface area (Å²) in [5, 5.41) is 0. The van der Waals surface area contributed by atoms with E-state index in [2.05, 4.69) is 18.2 Å². The molecule has 174 valence electrons. The summed E-state index contributed by atoms with van der Waals surface area (Å²) < 4.78 is 11.0. The summed E-state index contributed by atoms with van der Waals surface area (Å²) in [6.07, 6.45) is 9.95. The number of guanidine groups is 1. The third-order valence-electron chi connectivity index (χ3n) is 8.53. The summed E-state index contributed by atoms with van der Waals surface area (Å²) in [7, 11) is 3.45. The molecule has 1 aromatic carbocycles. The standard InChI is InChI=1S/C26H37N3O3/c1-17(16-31-2)29-23(30)26(28-24(29)27)22-14-19(7-6-18-4-5-18)8-9-20(22)15-25(26)12-10-21(32-3)11-13-25/h8-9,14,17-18,21H,4-7,10-13,15-16H2,1-3H3,(H2,27,28)/t17?,21?,25?,26-/m1/s1. The van der Waals surface area contributed by atoms with E-state index in [0.717, 1.165) is 50.0 Å². The number of hydrogen-bond acceptors (Lipinski definition) is 5. The molecule has 1 amide bonds. The van der Waals surface area contributed by atoms with Crippen molar-refractivity contribution in [3.8, 4) is 0 Å². The third-order valence-corrected chi connectivity index (χ3v) is 8.53. The molecule has 2 fully saturated rings. The molecule has 6 heteroatoms. The first-order valence-electron chi connectivity index (χ1n) is 12.3. The molecule has 5 rings (SSSR count). The quantitative estimate of drug-likeness (QED) is 0.705. The minimum absolute atomic E-state index is 0.0357. The highest BCUT2D eigenvalue weighted by Crippen LogP contribution is 2.62. The smallest absolute Gasteiger partial charge is 0.262 e. The van der Waals surface area contributed by atoms with Gasteiger partial charge in [-0.1, -0.05) is 31.0 Å². The van der Waals surface area contributed by atoms with Crippen LogP contribution in [-0.4, -0.2) is 49.7 Å². The molecule has 1 unspecified atom stereocenters. The Hall–Kier alpha value is -1.92. The lowest BCUT2D eigenvalue weighted by Gasteiger charge is -2.45. The molecular weight excluding hydrogens is 402 g/mol. The van der Waals surface area contributed by atoms with Crippen molar-refractivity contribution >= 4 is 11.9 Å². The van der Waals surface area contributed by atoms with E-state index in [1.165, 1.54) is 30.4 Å². The average molecular weight is 440 g/mol. The molecular formula is C26H37N3O3. The van der Waals surface area contributed by atoms with Gasteiger partial charge in [-0.2, -0.15) is 0 Å². The van der Waals surface area contributed by atoms with Crippen molar-refractivity contribution in [3.05, 3.63) is 34.9 Å². The lowest BCUT2D eigenvalue weighted by molar-refractivity contribution is -0.140. The molecule has 1 heterocycles. The lowest BCUT2D eigenvalue weighted by Crippen LogP contribution is -2.54. The van der Waals surface area contributed by atoms with Crippen LogP contribution < -0.4 is 5.73 Å². The molecule has 2 saturated carbocycles. The van der Waals surface area contributed by atoms with Gasteiger partial charge in [0.05, 0.1) is 18.8 Å². The zero-order valence-electron chi connectivity index (χ0n) is 19.7. The highest BCUT2D eigenvalue weighted by Gasteiger charge is 2.67. The Morgan fingerprint density at radius 3 is 2.62 bits per heavy atom. The van der Waals surface area contributed by atoms with Crippen molar-refractivity contribution in [1.29, 1.82) is 0 Å². The Kier molecular flexibility index (Phi) is 5.57. The number of fused-ring (bicyclic) bond motifs is 3. The zero-order chi connectivity index (χ0) is 22.5.